The van der Waals surface area contributed by atoms with Gasteiger partial charge < -0.3 is 10.6 Å². The van der Waals surface area contributed by atoms with Crippen molar-refractivity contribution in [1.29, 1.82) is 0 Å². The molecule has 2 aromatic carbocycles. The van der Waals surface area contributed by atoms with Crippen LogP contribution in [-0.2, 0) is 11.8 Å². The molecule has 3 rings (SSSR count). The minimum atomic E-state index is -0.309. The molecular weight excluding hydrogens is 388 g/mol. The molecule has 6 nitrogen and oxygen atoms in total. The topological polar surface area (TPSA) is 76.0 Å². The van der Waals surface area contributed by atoms with E-state index in [0.29, 0.717) is 33.4 Å². The van der Waals surface area contributed by atoms with Gasteiger partial charge in [-0.2, -0.15) is 5.10 Å². The summed E-state index contributed by atoms with van der Waals surface area (Å²) in [7, 11) is 1.74. The zero-order valence-corrected chi connectivity index (χ0v) is 16.5. The molecule has 0 fully saturated rings. The lowest BCUT2D eigenvalue weighted by molar-refractivity contribution is -0.112. The molecule has 1 aromatic heterocycles. The van der Waals surface area contributed by atoms with E-state index in [9.17, 15) is 9.59 Å². The minimum Gasteiger partial charge on any atom is -0.322 e. The van der Waals surface area contributed by atoms with E-state index in [-0.39, 0.29) is 11.8 Å². The third-order valence-electron chi connectivity index (χ3n) is 4.18. The third kappa shape index (κ3) is 4.80. The third-order valence-corrected chi connectivity index (χ3v) is 4.42. The summed E-state index contributed by atoms with van der Waals surface area (Å²) in [5.41, 5.74) is 2.90. The second-order valence-corrected chi connectivity index (χ2v) is 6.70. The van der Waals surface area contributed by atoms with Crippen molar-refractivity contribution in [1.82, 2.24) is 9.78 Å². The molecule has 0 unspecified atom stereocenters. The van der Waals surface area contributed by atoms with Crippen molar-refractivity contribution in [3.8, 4) is 11.3 Å². The highest BCUT2D eigenvalue weighted by Crippen LogP contribution is 2.24. The Morgan fingerprint density at radius 2 is 1.83 bits per heavy atom. The minimum absolute atomic E-state index is 0.275. The van der Waals surface area contributed by atoms with E-state index in [1.807, 2.05) is 12.1 Å². The summed E-state index contributed by atoms with van der Waals surface area (Å²) in [4.78, 5) is 24.3. The van der Waals surface area contributed by atoms with Gasteiger partial charge in [0, 0.05) is 40.5 Å². The molecule has 0 atom stereocenters. The van der Waals surface area contributed by atoms with Gasteiger partial charge in [-0.15, -0.1) is 0 Å². The van der Waals surface area contributed by atoms with Crippen LogP contribution in [0.3, 0.4) is 0 Å². The summed E-state index contributed by atoms with van der Waals surface area (Å²) in [6, 6.07) is 15.7. The Labute approximate surface area is 173 Å². The fourth-order valence-corrected chi connectivity index (χ4v) is 2.76. The lowest BCUT2D eigenvalue weighted by atomic mass is 10.1. The van der Waals surface area contributed by atoms with E-state index in [1.165, 1.54) is 6.08 Å². The lowest BCUT2D eigenvalue weighted by Crippen LogP contribution is -2.14. The Morgan fingerprint density at radius 3 is 2.48 bits per heavy atom. The van der Waals surface area contributed by atoms with Crippen LogP contribution in [-0.4, -0.2) is 21.6 Å². The highest BCUT2D eigenvalue weighted by molar-refractivity contribution is 6.31. The van der Waals surface area contributed by atoms with E-state index < -0.39 is 0 Å². The molecule has 2 N–H and O–H groups in total. The van der Waals surface area contributed by atoms with Crippen LogP contribution < -0.4 is 10.6 Å². The average molecular weight is 407 g/mol. The van der Waals surface area contributed by atoms with Gasteiger partial charge in [0.1, 0.15) is 5.82 Å². The molecule has 0 bridgehead atoms. The van der Waals surface area contributed by atoms with E-state index in [0.717, 1.165) is 5.56 Å². The monoisotopic (exact) mass is 406 g/mol. The quantitative estimate of drug-likeness (QED) is 0.461. The average Bonchev–Trinajstić information content (AvgIpc) is 3.08. The summed E-state index contributed by atoms with van der Waals surface area (Å²) in [5, 5.41) is 10.5. The standard InChI is InChI=1S/C22H19ClN4O2/c1-4-14(2)21(28)24-18-10-8-15(9-11-18)19-13-20(27(3)26-19)25-22(29)16-6-5-7-17(23)12-16/h4-13H,1-2H2,3H3,(H,24,28)(H,25,29). The van der Waals surface area contributed by atoms with Crippen LogP contribution in [0.5, 0.6) is 0 Å². The predicted octanol–water partition coefficient (Wildman–Crippen LogP) is 4.67. The molecule has 0 radical (unpaired) electrons. The van der Waals surface area contributed by atoms with Crippen LogP contribution in [0.15, 0.2) is 79.4 Å². The fraction of sp³-hybridized carbons (Fsp3) is 0.0455. The van der Waals surface area contributed by atoms with Crippen LogP contribution >= 0.6 is 11.6 Å². The Bertz CT molecular complexity index is 1100. The largest absolute Gasteiger partial charge is 0.322 e. The van der Waals surface area contributed by atoms with Crippen molar-refractivity contribution in [2.75, 3.05) is 10.6 Å². The number of hydrogen-bond donors (Lipinski definition) is 2. The molecule has 7 heteroatoms. The molecule has 0 aliphatic heterocycles. The number of hydrogen-bond acceptors (Lipinski definition) is 3. The molecule has 0 aliphatic rings. The Balaban J connectivity index is 1.74. The normalized spacial score (nSPS) is 10.3. The van der Waals surface area contributed by atoms with Crippen molar-refractivity contribution >= 4 is 34.9 Å². The molecule has 2 amide bonds. The van der Waals surface area contributed by atoms with Gasteiger partial charge in [-0.25, -0.2) is 0 Å². The fourth-order valence-electron chi connectivity index (χ4n) is 2.57. The van der Waals surface area contributed by atoms with Crippen LogP contribution in [0.25, 0.3) is 11.3 Å². The molecule has 146 valence electrons. The van der Waals surface area contributed by atoms with Gasteiger partial charge in [0.25, 0.3) is 11.8 Å². The molecule has 0 saturated heterocycles. The van der Waals surface area contributed by atoms with Gasteiger partial charge in [-0.05, 0) is 30.3 Å². The summed E-state index contributed by atoms with van der Waals surface area (Å²) >= 11 is 5.94. The maximum Gasteiger partial charge on any atom is 0.256 e. The number of anilines is 2. The number of aryl methyl sites for hydroxylation is 1. The smallest absolute Gasteiger partial charge is 0.256 e. The molecule has 29 heavy (non-hydrogen) atoms. The first-order chi connectivity index (χ1) is 13.9. The molecular formula is C22H19ClN4O2. The molecule has 1 heterocycles. The first-order valence-corrected chi connectivity index (χ1v) is 9.09. The number of carbonyl (C=O) groups is 2. The number of carbonyl (C=O) groups excluding carboxylic acids is 2. The van der Waals surface area contributed by atoms with Gasteiger partial charge >= 0.3 is 0 Å². The number of rotatable bonds is 6. The van der Waals surface area contributed by atoms with Gasteiger partial charge in [0.15, 0.2) is 0 Å². The lowest BCUT2D eigenvalue weighted by Gasteiger charge is -2.05. The number of amides is 2. The zero-order valence-electron chi connectivity index (χ0n) is 15.8. The Morgan fingerprint density at radius 1 is 1.10 bits per heavy atom. The van der Waals surface area contributed by atoms with E-state index in [4.69, 9.17) is 11.6 Å². The Kier molecular flexibility index (Phi) is 5.95. The second-order valence-electron chi connectivity index (χ2n) is 6.26. The van der Waals surface area contributed by atoms with Gasteiger partial charge in [-0.1, -0.05) is 49.0 Å². The maximum absolute atomic E-state index is 12.4. The first kappa shape index (κ1) is 20.1. The van der Waals surface area contributed by atoms with Crippen LogP contribution in [0.1, 0.15) is 10.4 Å². The maximum atomic E-state index is 12.4. The summed E-state index contributed by atoms with van der Waals surface area (Å²) in [5.74, 6) is -0.0382. The number of nitrogens with one attached hydrogen (secondary N) is 2. The van der Waals surface area contributed by atoms with E-state index in [1.54, 1.807) is 54.2 Å². The predicted molar refractivity (Wildman–Crippen MR) is 116 cm³/mol. The molecule has 0 aliphatic carbocycles. The first-order valence-electron chi connectivity index (χ1n) is 8.71. The van der Waals surface area contributed by atoms with E-state index >= 15 is 0 Å². The highest BCUT2D eigenvalue weighted by atomic mass is 35.5. The zero-order chi connectivity index (χ0) is 21.0. The van der Waals surface area contributed by atoms with Crippen LogP contribution in [0.2, 0.25) is 5.02 Å². The van der Waals surface area contributed by atoms with Crippen molar-refractivity contribution in [3.05, 3.63) is 90.0 Å². The SMILES string of the molecule is C=CC(=C)C(=O)Nc1ccc(-c2cc(NC(=O)c3cccc(Cl)c3)n(C)n2)cc1. The van der Waals surface area contributed by atoms with Crippen molar-refractivity contribution < 1.29 is 9.59 Å². The Hall–Kier alpha value is -3.64. The molecule has 0 saturated carbocycles. The molecule has 3 aromatic rings. The summed E-state index contributed by atoms with van der Waals surface area (Å²) < 4.78 is 1.58. The van der Waals surface area contributed by atoms with Crippen LogP contribution in [0, 0.1) is 0 Å². The number of nitrogens with zero attached hydrogens (tertiary/aromatic N) is 2. The second kappa shape index (κ2) is 8.58. The highest BCUT2D eigenvalue weighted by Gasteiger charge is 2.12. The van der Waals surface area contributed by atoms with Crippen molar-refractivity contribution in [3.63, 3.8) is 0 Å². The van der Waals surface area contributed by atoms with Gasteiger partial charge in [0.2, 0.25) is 0 Å². The van der Waals surface area contributed by atoms with E-state index in [2.05, 4.69) is 28.9 Å². The number of aromatic nitrogens is 2. The van der Waals surface area contributed by atoms with Crippen LogP contribution in [0.4, 0.5) is 11.5 Å². The summed E-state index contributed by atoms with van der Waals surface area (Å²) in [6.07, 6.45) is 1.40. The van der Waals surface area contributed by atoms with Gasteiger partial charge in [-0.3, -0.25) is 14.3 Å². The van der Waals surface area contributed by atoms with Crippen molar-refractivity contribution in [2.24, 2.45) is 7.05 Å². The summed E-state index contributed by atoms with van der Waals surface area (Å²) in [6.45, 7) is 7.14. The van der Waals surface area contributed by atoms with Gasteiger partial charge in [0.05, 0.1) is 5.69 Å². The number of halogens is 1. The van der Waals surface area contributed by atoms with Crippen molar-refractivity contribution in [2.45, 2.75) is 0 Å². The number of benzene rings is 2. The molecule has 0 spiro atoms.